The van der Waals surface area contributed by atoms with Gasteiger partial charge in [0, 0.05) is 13.2 Å². The van der Waals surface area contributed by atoms with E-state index in [1.165, 1.54) is 12.1 Å². The van der Waals surface area contributed by atoms with Crippen molar-refractivity contribution in [2.45, 2.75) is 31.9 Å². The first kappa shape index (κ1) is 15.1. The highest BCUT2D eigenvalue weighted by Gasteiger charge is 2.06. The van der Waals surface area contributed by atoms with Crippen LogP contribution in [0.15, 0.2) is 24.3 Å². The molecule has 3 nitrogen and oxygen atoms in total. The summed E-state index contributed by atoms with van der Waals surface area (Å²) in [6.07, 6.45) is 1.10. The van der Waals surface area contributed by atoms with E-state index in [0.717, 1.165) is 18.5 Å². The van der Waals surface area contributed by atoms with Gasteiger partial charge in [-0.1, -0.05) is 12.1 Å². The summed E-state index contributed by atoms with van der Waals surface area (Å²) >= 11 is 0. The smallest absolute Gasteiger partial charge is 0.123 e. The van der Waals surface area contributed by atoms with E-state index in [9.17, 15) is 9.50 Å². The van der Waals surface area contributed by atoms with Gasteiger partial charge >= 0.3 is 0 Å². The first-order chi connectivity index (χ1) is 8.61. The summed E-state index contributed by atoms with van der Waals surface area (Å²) in [5.41, 5.74) is 1.11. The van der Waals surface area contributed by atoms with Gasteiger partial charge in [-0.2, -0.15) is 0 Å². The summed E-state index contributed by atoms with van der Waals surface area (Å²) in [5.74, 6) is -0.206. The number of methoxy groups -OCH3 is 1. The molecule has 0 aromatic heterocycles. The Morgan fingerprint density at radius 3 is 2.61 bits per heavy atom. The first-order valence-electron chi connectivity index (χ1n) is 6.26. The Bertz CT molecular complexity index is 329. The predicted octanol–water partition coefficient (Wildman–Crippen LogP) is 1.74. The average molecular weight is 255 g/mol. The molecule has 0 amide bonds. The van der Waals surface area contributed by atoms with Crippen LogP contribution in [0, 0.1) is 5.82 Å². The van der Waals surface area contributed by atoms with Crippen molar-refractivity contribution in [1.82, 2.24) is 5.32 Å². The van der Waals surface area contributed by atoms with Crippen LogP contribution in [-0.4, -0.2) is 37.5 Å². The molecule has 0 aliphatic heterocycles. The van der Waals surface area contributed by atoms with E-state index >= 15 is 0 Å². The normalized spacial score (nSPS) is 14.4. The van der Waals surface area contributed by atoms with Gasteiger partial charge in [-0.05, 0) is 44.0 Å². The Labute approximate surface area is 108 Å². The van der Waals surface area contributed by atoms with E-state index in [2.05, 4.69) is 12.2 Å². The molecule has 18 heavy (non-hydrogen) atoms. The molecule has 2 atom stereocenters. The maximum absolute atomic E-state index is 12.7. The third-order valence-electron chi connectivity index (χ3n) is 2.78. The van der Waals surface area contributed by atoms with E-state index in [0.29, 0.717) is 19.1 Å². The van der Waals surface area contributed by atoms with Crippen LogP contribution in [0.1, 0.15) is 18.9 Å². The molecule has 0 aliphatic carbocycles. The Balaban J connectivity index is 2.21. The number of aliphatic hydroxyl groups is 1. The lowest BCUT2D eigenvalue weighted by molar-refractivity contribution is 0.0591. The highest BCUT2D eigenvalue weighted by molar-refractivity contribution is 5.16. The second kappa shape index (κ2) is 8.19. The lowest BCUT2D eigenvalue weighted by Gasteiger charge is -2.15. The zero-order valence-electron chi connectivity index (χ0n) is 11.0. The molecule has 0 aliphatic rings. The monoisotopic (exact) mass is 255 g/mol. The van der Waals surface area contributed by atoms with Crippen molar-refractivity contribution in [2.75, 3.05) is 20.3 Å². The summed E-state index contributed by atoms with van der Waals surface area (Å²) < 4.78 is 17.6. The lowest BCUT2D eigenvalue weighted by Crippen LogP contribution is -2.31. The molecule has 2 unspecified atom stereocenters. The molecule has 0 spiro atoms. The number of ether oxygens (including phenoxy) is 1. The second-order valence-electron chi connectivity index (χ2n) is 4.58. The third-order valence-corrected chi connectivity index (χ3v) is 2.78. The average Bonchev–Trinajstić information content (AvgIpc) is 2.32. The Kier molecular flexibility index (Phi) is 6.86. The molecular formula is C14H22FNO2. The highest BCUT2D eigenvalue weighted by atomic mass is 19.1. The van der Waals surface area contributed by atoms with Crippen LogP contribution >= 0.6 is 0 Å². The summed E-state index contributed by atoms with van der Waals surface area (Å²) in [6, 6.07) is 6.85. The minimum atomic E-state index is -0.416. The van der Waals surface area contributed by atoms with Crippen molar-refractivity contribution in [2.24, 2.45) is 0 Å². The van der Waals surface area contributed by atoms with Gasteiger partial charge in [0.1, 0.15) is 5.82 Å². The predicted molar refractivity (Wildman–Crippen MR) is 70.1 cm³/mol. The summed E-state index contributed by atoms with van der Waals surface area (Å²) in [6.45, 7) is 3.19. The summed E-state index contributed by atoms with van der Waals surface area (Å²) in [7, 11) is 1.58. The van der Waals surface area contributed by atoms with Crippen molar-refractivity contribution >= 4 is 0 Å². The highest BCUT2D eigenvalue weighted by Crippen LogP contribution is 2.05. The number of halogens is 1. The summed E-state index contributed by atoms with van der Waals surface area (Å²) in [5, 5.41) is 12.8. The van der Waals surface area contributed by atoms with E-state index in [1.807, 2.05) is 0 Å². The van der Waals surface area contributed by atoms with Crippen molar-refractivity contribution in [3.63, 3.8) is 0 Å². The van der Waals surface area contributed by atoms with Gasteiger partial charge in [0.15, 0.2) is 0 Å². The minimum absolute atomic E-state index is 0.206. The molecule has 0 bridgehead atoms. The van der Waals surface area contributed by atoms with Crippen molar-refractivity contribution < 1.29 is 14.2 Å². The lowest BCUT2D eigenvalue weighted by atomic mass is 10.1. The molecule has 1 rings (SSSR count). The number of aliphatic hydroxyl groups excluding tert-OH is 1. The molecule has 102 valence electrons. The fourth-order valence-electron chi connectivity index (χ4n) is 1.82. The number of nitrogens with one attached hydrogen (secondary N) is 1. The first-order valence-corrected chi connectivity index (χ1v) is 6.26. The van der Waals surface area contributed by atoms with Gasteiger partial charge in [-0.3, -0.25) is 0 Å². The zero-order valence-corrected chi connectivity index (χ0v) is 11.0. The molecule has 0 saturated carbocycles. The zero-order chi connectivity index (χ0) is 13.4. The summed E-state index contributed by atoms with van der Waals surface area (Å²) in [4.78, 5) is 0. The second-order valence-corrected chi connectivity index (χ2v) is 4.58. The molecule has 0 saturated heterocycles. The molecule has 0 radical (unpaired) electrons. The Hall–Kier alpha value is -0.970. The quantitative estimate of drug-likeness (QED) is 0.743. The standard InChI is InChI=1S/C14H22FNO2/c1-11(16-8-7-14(17)10-18-2)9-12-3-5-13(15)6-4-12/h3-6,11,14,16-17H,7-10H2,1-2H3. The topological polar surface area (TPSA) is 41.5 Å². The maximum Gasteiger partial charge on any atom is 0.123 e. The Morgan fingerprint density at radius 2 is 2.00 bits per heavy atom. The maximum atomic E-state index is 12.7. The van der Waals surface area contributed by atoms with Crippen LogP contribution in [0.5, 0.6) is 0 Å². The van der Waals surface area contributed by atoms with Gasteiger partial charge in [0.25, 0.3) is 0 Å². The SMILES string of the molecule is COCC(O)CCNC(C)Cc1ccc(F)cc1. The van der Waals surface area contributed by atoms with Gasteiger partial charge in [-0.25, -0.2) is 4.39 Å². The van der Waals surface area contributed by atoms with E-state index in [1.54, 1.807) is 19.2 Å². The minimum Gasteiger partial charge on any atom is -0.391 e. The van der Waals surface area contributed by atoms with E-state index in [-0.39, 0.29) is 5.82 Å². The van der Waals surface area contributed by atoms with Gasteiger partial charge in [-0.15, -0.1) is 0 Å². The molecule has 1 aromatic carbocycles. The number of hydrogen-bond donors (Lipinski definition) is 2. The van der Waals surface area contributed by atoms with E-state index in [4.69, 9.17) is 4.74 Å². The van der Waals surface area contributed by atoms with Crippen molar-refractivity contribution in [1.29, 1.82) is 0 Å². The molecule has 0 fully saturated rings. The molecule has 1 aromatic rings. The van der Waals surface area contributed by atoms with Crippen LogP contribution in [0.4, 0.5) is 4.39 Å². The van der Waals surface area contributed by atoms with Gasteiger partial charge in [0.05, 0.1) is 12.7 Å². The van der Waals surface area contributed by atoms with Crippen LogP contribution in [0.3, 0.4) is 0 Å². The number of benzene rings is 1. The molecule has 0 heterocycles. The molecule has 2 N–H and O–H groups in total. The number of hydrogen-bond acceptors (Lipinski definition) is 3. The molecular weight excluding hydrogens is 233 g/mol. The van der Waals surface area contributed by atoms with Crippen LogP contribution in [-0.2, 0) is 11.2 Å². The van der Waals surface area contributed by atoms with E-state index < -0.39 is 6.10 Å². The van der Waals surface area contributed by atoms with Crippen LogP contribution in [0.2, 0.25) is 0 Å². The molecule has 4 heteroatoms. The van der Waals surface area contributed by atoms with Gasteiger partial charge in [0.2, 0.25) is 0 Å². The fourth-order valence-corrected chi connectivity index (χ4v) is 1.82. The number of rotatable bonds is 8. The van der Waals surface area contributed by atoms with Crippen molar-refractivity contribution in [3.05, 3.63) is 35.6 Å². The van der Waals surface area contributed by atoms with Crippen LogP contribution < -0.4 is 5.32 Å². The fraction of sp³-hybridized carbons (Fsp3) is 0.571. The van der Waals surface area contributed by atoms with Gasteiger partial charge < -0.3 is 15.2 Å². The largest absolute Gasteiger partial charge is 0.391 e. The van der Waals surface area contributed by atoms with Crippen LogP contribution in [0.25, 0.3) is 0 Å². The third kappa shape index (κ3) is 6.10. The van der Waals surface area contributed by atoms with Crippen molar-refractivity contribution in [3.8, 4) is 0 Å². The Morgan fingerprint density at radius 1 is 1.33 bits per heavy atom.